The summed E-state index contributed by atoms with van der Waals surface area (Å²) in [5.41, 5.74) is 1.72. The van der Waals surface area contributed by atoms with Gasteiger partial charge in [-0.05, 0) is 23.6 Å². The highest BCUT2D eigenvalue weighted by molar-refractivity contribution is 7.12. The third-order valence-electron chi connectivity index (χ3n) is 2.89. The molecule has 0 saturated heterocycles. The van der Waals surface area contributed by atoms with E-state index in [0.29, 0.717) is 11.4 Å². The first-order valence-corrected chi connectivity index (χ1v) is 7.05. The zero-order valence-electron chi connectivity index (χ0n) is 10.8. The van der Waals surface area contributed by atoms with Gasteiger partial charge in [-0.3, -0.25) is 4.79 Å². The molecule has 0 aliphatic heterocycles. The van der Waals surface area contributed by atoms with Gasteiger partial charge in [0.1, 0.15) is 10.5 Å². The van der Waals surface area contributed by atoms with Crippen LogP contribution in [-0.2, 0) is 11.2 Å². The number of aromatic nitrogens is 2. The number of pyridine rings is 1. The first kappa shape index (κ1) is 13.3. The molecule has 0 aliphatic rings. The zero-order chi connectivity index (χ0) is 14.8. The summed E-state index contributed by atoms with van der Waals surface area (Å²) >= 11 is 1.08. The van der Waals surface area contributed by atoms with E-state index in [0.717, 1.165) is 17.0 Å². The number of fused-ring (bicyclic) bond motifs is 1. The normalized spacial score (nSPS) is 10.7. The van der Waals surface area contributed by atoms with Crippen molar-refractivity contribution in [1.29, 1.82) is 0 Å². The van der Waals surface area contributed by atoms with Crippen molar-refractivity contribution in [2.75, 3.05) is 5.32 Å². The van der Waals surface area contributed by atoms with Gasteiger partial charge in [0.25, 0.3) is 0 Å². The Balaban J connectivity index is 1.74. The van der Waals surface area contributed by atoms with Gasteiger partial charge in [0.05, 0.1) is 17.8 Å². The van der Waals surface area contributed by atoms with Gasteiger partial charge >= 0.3 is 5.97 Å². The number of anilines is 1. The number of amides is 1. The molecule has 3 heterocycles. The number of carbonyl (C=O) groups excluding carboxylic acids is 1. The van der Waals surface area contributed by atoms with Crippen LogP contribution in [-0.4, -0.2) is 26.4 Å². The van der Waals surface area contributed by atoms with Gasteiger partial charge in [0.15, 0.2) is 0 Å². The summed E-state index contributed by atoms with van der Waals surface area (Å²) in [6.45, 7) is 0. The maximum Gasteiger partial charge on any atom is 0.348 e. The third kappa shape index (κ3) is 2.77. The number of aromatic carboxylic acids is 1. The number of carboxylic acid groups (broad SMARTS) is 1. The largest absolute Gasteiger partial charge is 0.477 e. The molecule has 2 N–H and O–H groups in total. The number of nitrogens with one attached hydrogen (secondary N) is 1. The van der Waals surface area contributed by atoms with Gasteiger partial charge in [-0.15, -0.1) is 11.3 Å². The molecule has 0 radical (unpaired) electrons. The van der Waals surface area contributed by atoms with E-state index in [1.807, 2.05) is 28.8 Å². The second kappa shape index (κ2) is 5.37. The molecule has 106 valence electrons. The maximum atomic E-state index is 12.0. The van der Waals surface area contributed by atoms with Crippen molar-refractivity contribution in [3.63, 3.8) is 0 Å². The number of imidazole rings is 1. The fourth-order valence-electron chi connectivity index (χ4n) is 2.00. The lowest BCUT2D eigenvalue weighted by Gasteiger charge is -2.02. The lowest BCUT2D eigenvalue weighted by Crippen LogP contribution is -2.15. The Morgan fingerprint density at radius 3 is 2.95 bits per heavy atom. The minimum atomic E-state index is -1.05. The van der Waals surface area contributed by atoms with E-state index in [1.165, 1.54) is 0 Å². The quantitative estimate of drug-likeness (QED) is 0.774. The molecule has 6 nitrogen and oxygen atoms in total. The molecular weight excluding hydrogens is 290 g/mol. The second-order valence-electron chi connectivity index (χ2n) is 4.39. The lowest BCUT2D eigenvalue weighted by molar-refractivity contribution is -0.115. The summed E-state index contributed by atoms with van der Waals surface area (Å²) < 4.78 is 1.83. The first-order valence-electron chi connectivity index (χ1n) is 6.17. The molecule has 3 aromatic heterocycles. The summed E-state index contributed by atoms with van der Waals surface area (Å²) in [5, 5.41) is 13.2. The summed E-state index contributed by atoms with van der Waals surface area (Å²) in [6.07, 6.45) is 3.72. The van der Waals surface area contributed by atoms with Gasteiger partial charge in [-0.1, -0.05) is 6.07 Å². The molecule has 3 aromatic rings. The molecular formula is C14H11N3O3S. The van der Waals surface area contributed by atoms with Crippen LogP contribution >= 0.6 is 11.3 Å². The molecule has 0 spiro atoms. The fraction of sp³-hybridized carbons (Fsp3) is 0.0714. The maximum absolute atomic E-state index is 12.0. The van der Waals surface area contributed by atoms with E-state index in [1.54, 1.807) is 17.6 Å². The van der Waals surface area contributed by atoms with E-state index in [2.05, 4.69) is 10.3 Å². The van der Waals surface area contributed by atoms with Crippen molar-refractivity contribution in [1.82, 2.24) is 9.38 Å². The van der Waals surface area contributed by atoms with Gasteiger partial charge < -0.3 is 14.8 Å². The Labute approximate surface area is 123 Å². The Morgan fingerprint density at radius 2 is 2.19 bits per heavy atom. The standard InChI is InChI=1S/C14H11N3O3S/c18-12(16-10-4-6-21-13(10)14(19)20)7-9-8-17-5-2-1-3-11(17)15-9/h1-6,8H,7H2,(H,16,18)(H,19,20). The van der Waals surface area contributed by atoms with Crippen LogP contribution in [0.3, 0.4) is 0 Å². The smallest absolute Gasteiger partial charge is 0.348 e. The monoisotopic (exact) mass is 301 g/mol. The summed E-state index contributed by atoms with van der Waals surface area (Å²) in [5.74, 6) is -1.34. The predicted molar refractivity (Wildman–Crippen MR) is 78.8 cm³/mol. The van der Waals surface area contributed by atoms with Crippen LogP contribution in [0.2, 0.25) is 0 Å². The molecule has 0 saturated carbocycles. The van der Waals surface area contributed by atoms with E-state index in [9.17, 15) is 9.59 Å². The van der Waals surface area contributed by atoms with Crippen molar-refractivity contribution in [3.8, 4) is 0 Å². The number of nitrogens with zero attached hydrogens (tertiary/aromatic N) is 2. The van der Waals surface area contributed by atoms with E-state index in [-0.39, 0.29) is 17.2 Å². The van der Waals surface area contributed by atoms with Crippen molar-refractivity contribution in [2.45, 2.75) is 6.42 Å². The summed E-state index contributed by atoms with van der Waals surface area (Å²) in [6, 6.07) is 7.18. The number of carbonyl (C=O) groups is 2. The Hall–Kier alpha value is -2.67. The van der Waals surface area contributed by atoms with Crippen molar-refractivity contribution in [2.24, 2.45) is 0 Å². The van der Waals surface area contributed by atoms with Crippen LogP contribution in [0.5, 0.6) is 0 Å². The van der Waals surface area contributed by atoms with Crippen LogP contribution in [0.15, 0.2) is 42.0 Å². The van der Waals surface area contributed by atoms with E-state index in [4.69, 9.17) is 5.11 Å². The first-order chi connectivity index (χ1) is 10.1. The SMILES string of the molecule is O=C(Cc1cn2ccccc2n1)Nc1ccsc1C(=O)O. The Morgan fingerprint density at radius 1 is 1.33 bits per heavy atom. The predicted octanol–water partition coefficient (Wildman–Crippen LogP) is 2.28. The topological polar surface area (TPSA) is 83.7 Å². The molecule has 0 aliphatic carbocycles. The molecule has 21 heavy (non-hydrogen) atoms. The Kier molecular flexibility index (Phi) is 3.41. The number of carboxylic acids is 1. The van der Waals surface area contributed by atoms with Crippen molar-refractivity contribution in [3.05, 3.63) is 52.6 Å². The van der Waals surface area contributed by atoms with Crippen LogP contribution in [0.25, 0.3) is 5.65 Å². The van der Waals surface area contributed by atoms with Crippen LogP contribution < -0.4 is 5.32 Å². The Bertz CT molecular complexity index is 789. The van der Waals surface area contributed by atoms with Gasteiger partial charge in [-0.25, -0.2) is 9.78 Å². The van der Waals surface area contributed by atoms with Crippen LogP contribution in [0.1, 0.15) is 15.4 Å². The molecule has 0 atom stereocenters. The molecule has 3 rings (SSSR count). The molecule has 1 amide bonds. The molecule has 0 aromatic carbocycles. The highest BCUT2D eigenvalue weighted by atomic mass is 32.1. The number of thiophene rings is 1. The highest BCUT2D eigenvalue weighted by Crippen LogP contribution is 2.22. The molecule has 0 unspecified atom stereocenters. The third-order valence-corrected chi connectivity index (χ3v) is 3.79. The summed E-state index contributed by atoms with van der Waals surface area (Å²) in [7, 11) is 0. The van der Waals surface area contributed by atoms with Gasteiger partial charge in [0, 0.05) is 12.4 Å². The van der Waals surface area contributed by atoms with E-state index < -0.39 is 5.97 Å². The van der Waals surface area contributed by atoms with Gasteiger partial charge in [0.2, 0.25) is 5.91 Å². The minimum Gasteiger partial charge on any atom is -0.477 e. The van der Waals surface area contributed by atoms with Crippen molar-refractivity contribution >= 4 is 34.5 Å². The minimum absolute atomic E-state index is 0.0938. The molecule has 0 fully saturated rings. The van der Waals surface area contributed by atoms with Crippen LogP contribution in [0, 0.1) is 0 Å². The summed E-state index contributed by atoms with van der Waals surface area (Å²) in [4.78, 5) is 27.4. The molecule has 7 heteroatoms. The van der Waals surface area contributed by atoms with Crippen LogP contribution in [0.4, 0.5) is 5.69 Å². The lowest BCUT2D eigenvalue weighted by atomic mass is 10.3. The number of hydrogen-bond donors (Lipinski definition) is 2. The number of rotatable bonds is 4. The second-order valence-corrected chi connectivity index (χ2v) is 5.31. The van der Waals surface area contributed by atoms with Crippen molar-refractivity contribution < 1.29 is 14.7 Å². The van der Waals surface area contributed by atoms with Gasteiger partial charge in [-0.2, -0.15) is 0 Å². The fourth-order valence-corrected chi connectivity index (χ4v) is 2.69. The average Bonchev–Trinajstić information content (AvgIpc) is 3.03. The number of hydrogen-bond acceptors (Lipinski definition) is 4. The highest BCUT2D eigenvalue weighted by Gasteiger charge is 2.15. The average molecular weight is 301 g/mol. The van der Waals surface area contributed by atoms with E-state index >= 15 is 0 Å². The zero-order valence-corrected chi connectivity index (χ0v) is 11.6. The molecule has 0 bridgehead atoms.